The van der Waals surface area contributed by atoms with Gasteiger partial charge in [0, 0.05) is 11.9 Å². The summed E-state index contributed by atoms with van der Waals surface area (Å²) in [5, 5.41) is 3.40. The number of nitrogens with zero attached hydrogens (tertiary/aromatic N) is 1. The van der Waals surface area contributed by atoms with E-state index in [1.165, 1.54) is 22.3 Å². The quantitative estimate of drug-likeness (QED) is 0.890. The Labute approximate surface area is 109 Å². The van der Waals surface area contributed by atoms with Crippen LogP contribution in [0.4, 0.5) is 0 Å². The van der Waals surface area contributed by atoms with Crippen LogP contribution in [0.3, 0.4) is 0 Å². The smallest absolute Gasteiger partial charge is 0.0578 e. The number of pyridine rings is 1. The van der Waals surface area contributed by atoms with Crippen molar-refractivity contribution in [1.29, 1.82) is 0 Å². The molecule has 0 radical (unpaired) electrons. The highest BCUT2D eigenvalue weighted by molar-refractivity contribution is 5.39. The maximum atomic E-state index is 4.26. The van der Waals surface area contributed by atoms with Crippen LogP contribution < -0.4 is 5.32 Å². The number of aryl methyl sites for hydroxylation is 3. The van der Waals surface area contributed by atoms with Crippen LogP contribution in [0, 0.1) is 20.8 Å². The van der Waals surface area contributed by atoms with Gasteiger partial charge in [0.25, 0.3) is 0 Å². The van der Waals surface area contributed by atoms with Crippen molar-refractivity contribution in [3.8, 4) is 0 Å². The zero-order valence-corrected chi connectivity index (χ0v) is 11.5. The van der Waals surface area contributed by atoms with Crippen LogP contribution in [-0.4, -0.2) is 12.0 Å². The monoisotopic (exact) mass is 240 g/mol. The van der Waals surface area contributed by atoms with E-state index >= 15 is 0 Å². The third kappa shape index (κ3) is 2.59. The lowest BCUT2D eigenvalue weighted by atomic mass is 9.94. The predicted molar refractivity (Wildman–Crippen MR) is 75.8 cm³/mol. The van der Waals surface area contributed by atoms with Crippen LogP contribution in [0.2, 0.25) is 0 Å². The standard InChI is InChI=1S/C16H20N2/c1-11-5-6-12(2)15(9-11)16(17-4)14-7-8-18-13(3)10-14/h5-10,16-17H,1-4H3. The van der Waals surface area contributed by atoms with Crippen molar-refractivity contribution in [3.63, 3.8) is 0 Å². The van der Waals surface area contributed by atoms with E-state index in [9.17, 15) is 0 Å². The second kappa shape index (κ2) is 5.32. The van der Waals surface area contributed by atoms with Crippen LogP contribution in [0.1, 0.15) is 34.0 Å². The summed E-state index contributed by atoms with van der Waals surface area (Å²) in [4.78, 5) is 4.26. The van der Waals surface area contributed by atoms with Gasteiger partial charge in [-0.05, 0) is 56.6 Å². The van der Waals surface area contributed by atoms with Crippen molar-refractivity contribution in [2.75, 3.05) is 7.05 Å². The minimum absolute atomic E-state index is 0.228. The molecule has 0 aliphatic heterocycles. The van der Waals surface area contributed by atoms with Crippen molar-refractivity contribution in [1.82, 2.24) is 10.3 Å². The van der Waals surface area contributed by atoms with Crippen molar-refractivity contribution in [2.45, 2.75) is 26.8 Å². The van der Waals surface area contributed by atoms with Crippen LogP contribution in [0.5, 0.6) is 0 Å². The molecule has 0 bridgehead atoms. The summed E-state index contributed by atoms with van der Waals surface area (Å²) in [6.45, 7) is 6.32. The minimum Gasteiger partial charge on any atom is -0.309 e. The topological polar surface area (TPSA) is 24.9 Å². The minimum atomic E-state index is 0.228. The van der Waals surface area contributed by atoms with E-state index in [1.807, 2.05) is 20.2 Å². The third-order valence-electron chi connectivity index (χ3n) is 3.29. The number of nitrogens with one attached hydrogen (secondary N) is 1. The highest BCUT2D eigenvalue weighted by Gasteiger charge is 2.14. The van der Waals surface area contributed by atoms with Gasteiger partial charge < -0.3 is 5.32 Å². The Hall–Kier alpha value is -1.67. The largest absolute Gasteiger partial charge is 0.309 e. The van der Waals surface area contributed by atoms with Gasteiger partial charge in [0.05, 0.1) is 6.04 Å². The Kier molecular flexibility index (Phi) is 3.78. The molecular formula is C16H20N2. The Morgan fingerprint density at radius 2 is 1.83 bits per heavy atom. The zero-order chi connectivity index (χ0) is 13.1. The first-order valence-corrected chi connectivity index (χ1v) is 6.29. The van der Waals surface area contributed by atoms with Gasteiger partial charge in [-0.2, -0.15) is 0 Å². The SMILES string of the molecule is CNC(c1ccnc(C)c1)c1cc(C)ccc1C. The average molecular weight is 240 g/mol. The molecule has 18 heavy (non-hydrogen) atoms. The van der Waals surface area contributed by atoms with Gasteiger partial charge in [0.2, 0.25) is 0 Å². The maximum Gasteiger partial charge on any atom is 0.0578 e. The fourth-order valence-electron chi connectivity index (χ4n) is 2.32. The molecule has 0 saturated heterocycles. The number of hydrogen-bond donors (Lipinski definition) is 1. The van der Waals surface area contributed by atoms with Crippen molar-refractivity contribution in [2.24, 2.45) is 0 Å². The molecule has 1 heterocycles. The van der Waals surface area contributed by atoms with Gasteiger partial charge in [0.15, 0.2) is 0 Å². The van der Waals surface area contributed by atoms with Crippen LogP contribution in [-0.2, 0) is 0 Å². The van der Waals surface area contributed by atoms with Gasteiger partial charge in [0.1, 0.15) is 0 Å². The van der Waals surface area contributed by atoms with Crippen LogP contribution in [0.25, 0.3) is 0 Å². The molecule has 1 unspecified atom stereocenters. The highest BCUT2D eigenvalue weighted by Crippen LogP contribution is 2.25. The molecule has 2 rings (SSSR count). The lowest BCUT2D eigenvalue weighted by molar-refractivity contribution is 0.685. The second-order valence-electron chi connectivity index (χ2n) is 4.81. The fraction of sp³-hybridized carbons (Fsp3) is 0.312. The molecule has 2 heteroatoms. The summed E-state index contributed by atoms with van der Waals surface area (Å²) in [6.07, 6.45) is 1.88. The first kappa shape index (κ1) is 12.8. The Morgan fingerprint density at radius 3 is 2.50 bits per heavy atom. The second-order valence-corrected chi connectivity index (χ2v) is 4.81. The Balaban J connectivity index is 2.48. The molecule has 94 valence electrons. The third-order valence-corrected chi connectivity index (χ3v) is 3.29. The van der Waals surface area contributed by atoms with Gasteiger partial charge in [-0.3, -0.25) is 4.98 Å². The Morgan fingerprint density at radius 1 is 1.06 bits per heavy atom. The molecule has 1 atom stereocenters. The Bertz CT molecular complexity index is 547. The van der Waals surface area contributed by atoms with E-state index in [1.54, 1.807) is 0 Å². The van der Waals surface area contributed by atoms with Gasteiger partial charge in [-0.1, -0.05) is 23.8 Å². The summed E-state index contributed by atoms with van der Waals surface area (Å²) >= 11 is 0. The van der Waals surface area contributed by atoms with Gasteiger partial charge in [-0.15, -0.1) is 0 Å². The molecule has 2 nitrogen and oxygen atoms in total. The normalized spacial score (nSPS) is 12.4. The van der Waals surface area contributed by atoms with Gasteiger partial charge in [-0.25, -0.2) is 0 Å². The first-order chi connectivity index (χ1) is 8.61. The summed E-state index contributed by atoms with van der Waals surface area (Å²) in [5.41, 5.74) is 6.26. The van der Waals surface area contributed by atoms with Crippen molar-refractivity contribution in [3.05, 3.63) is 64.5 Å². The summed E-state index contributed by atoms with van der Waals surface area (Å²) in [6, 6.07) is 11.0. The summed E-state index contributed by atoms with van der Waals surface area (Å²) < 4.78 is 0. The zero-order valence-electron chi connectivity index (χ0n) is 11.5. The molecule has 1 N–H and O–H groups in total. The molecule has 0 spiro atoms. The lowest BCUT2D eigenvalue weighted by Crippen LogP contribution is -2.19. The molecule has 0 amide bonds. The molecule has 0 aliphatic carbocycles. The summed E-state index contributed by atoms with van der Waals surface area (Å²) in [7, 11) is 2.00. The number of rotatable bonds is 3. The number of hydrogen-bond acceptors (Lipinski definition) is 2. The average Bonchev–Trinajstić information content (AvgIpc) is 2.35. The number of aromatic nitrogens is 1. The van der Waals surface area contributed by atoms with Crippen molar-refractivity contribution >= 4 is 0 Å². The van der Waals surface area contributed by atoms with E-state index < -0.39 is 0 Å². The molecule has 0 aliphatic rings. The highest BCUT2D eigenvalue weighted by atomic mass is 14.9. The van der Waals surface area contributed by atoms with Crippen molar-refractivity contribution < 1.29 is 0 Å². The molecule has 0 saturated carbocycles. The van der Waals surface area contributed by atoms with Crippen LogP contribution in [0.15, 0.2) is 36.5 Å². The van der Waals surface area contributed by atoms with E-state index in [0.717, 1.165) is 5.69 Å². The lowest BCUT2D eigenvalue weighted by Gasteiger charge is -2.20. The molecule has 1 aromatic heterocycles. The summed E-state index contributed by atoms with van der Waals surface area (Å²) in [5.74, 6) is 0. The van der Waals surface area contributed by atoms with E-state index in [-0.39, 0.29) is 6.04 Å². The maximum absolute atomic E-state index is 4.26. The van der Waals surface area contributed by atoms with Crippen LogP contribution >= 0.6 is 0 Å². The molecule has 1 aromatic carbocycles. The molecule has 2 aromatic rings. The van der Waals surface area contributed by atoms with E-state index in [0.29, 0.717) is 0 Å². The van der Waals surface area contributed by atoms with E-state index in [2.05, 4.69) is 54.5 Å². The van der Waals surface area contributed by atoms with Gasteiger partial charge >= 0.3 is 0 Å². The fourth-order valence-corrected chi connectivity index (χ4v) is 2.32. The predicted octanol–water partition coefficient (Wildman–Crippen LogP) is 3.32. The molecule has 0 fully saturated rings. The molecular weight excluding hydrogens is 220 g/mol. The van der Waals surface area contributed by atoms with E-state index in [4.69, 9.17) is 0 Å². The first-order valence-electron chi connectivity index (χ1n) is 6.29. The number of benzene rings is 1.